The molecule has 0 saturated carbocycles. The van der Waals surface area contributed by atoms with Gasteiger partial charge in [-0.2, -0.15) is 13.2 Å². The van der Waals surface area contributed by atoms with E-state index in [0.717, 1.165) is 11.6 Å². The first-order valence-corrected chi connectivity index (χ1v) is 9.85. The van der Waals surface area contributed by atoms with Crippen LogP contribution in [0.15, 0.2) is 36.4 Å². The van der Waals surface area contributed by atoms with Crippen molar-refractivity contribution >= 4 is 17.6 Å². The van der Waals surface area contributed by atoms with Gasteiger partial charge in [0.2, 0.25) is 6.79 Å². The molecule has 2 aliphatic rings. The number of alkyl halides is 3. The molecule has 0 aromatic heterocycles. The van der Waals surface area contributed by atoms with Crippen molar-refractivity contribution in [1.29, 1.82) is 0 Å². The van der Waals surface area contributed by atoms with Gasteiger partial charge in [0.15, 0.2) is 11.5 Å². The molecule has 9 heteroatoms. The van der Waals surface area contributed by atoms with Crippen LogP contribution in [0.1, 0.15) is 35.6 Å². The number of aliphatic carboxylic acids is 1. The number of halogens is 4. The summed E-state index contributed by atoms with van der Waals surface area (Å²) in [6.45, 7) is 0.979. The lowest BCUT2D eigenvalue weighted by Gasteiger charge is -2.37. The molecule has 1 N–H and O–H groups in total. The molecule has 0 amide bonds. The molecule has 4 rings (SSSR count). The Balaban J connectivity index is 1.74. The van der Waals surface area contributed by atoms with Crippen LogP contribution in [-0.2, 0) is 11.0 Å². The minimum atomic E-state index is -4.58. The lowest BCUT2D eigenvalue weighted by molar-refractivity contribution is -0.143. The highest BCUT2D eigenvalue weighted by atomic mass is 35.5. The summed E-state index contributed by atoms with van der Waals surface area (Å²) in [7, 11) is 0. The van der Waals surface area contributed by atoms with Crippen LogP contribution in [-0.4, -0.2) is 35.9 Å². The third-order valence-corrected chi connectivity index (χ3v) is 5.90. The van der Waals surface area contributed by atoms with E-state index in [9.17, 15) is 23.1 Å². The van der Waals surface area contributed by atoms with E-state index in [0.29, 0.717) is 43.0 Å². The molecule has 0 bridgehead atoms. The average Bonchev–Trinajstić information content (AvgIpc) is 3.17. The summed E-state index contributed by atoms with van der Waals surface area (Å²) in [6, 6.07) is 8.69. The van der Waals surface area contributed by atoms with E-state index in [1.165, 1.54) is 6.07 Å². The van der Waals surface area contributed by atoms with E-state index < -0.39 is 29.7 Å². The quantitative estimate of drug-likeness (QED) is 0.725. The molecule has 30 heavy (non-hydrogen) atoms. The number of hydrogen-bond donors (Lipinski definition) is 1. The van der Waals surface area contributed by atoms with Crippen LogP contribution in [0.5, 0.6) is 11.5 Å². The van der Waals surface area contributed by atoms with E-state index in [4.69, 9.17) is 21.1 Å². The fourth-order valence-corrected chi connectivity index (χ4v) is 4.26. The van der Waals surface area contributed by atoms with E-state index in [-0.39, 0.29) is 11.8 Å². The number of benzene rings is 2. The highest BCUT2D eigenvalue weighted by Gasteiger charge is 2.36. The normalized spacial score (nSPS) is 18.4. The van der Waals surface area contributed by atoms with Crippen molar-refractivity contribution < 1.29 is 32.5 Å². The predicted octanol–water partition coefficient (Wildman–Crippen LogP) is 4.97. The number of hydrogen-bond acceptors (Lipinski definition) is 4. The van der Waals surface area contributed by atoms with Crippen LogP contribution >= 0.6 is 11.6 Å². The van der Waals surface area contributed by atoms with Crippen LogP contribution in [0, 0.1) is 5.92 Å². The molecule has 5 nitrogen and oxygen atoms in total. The van der Waals surface area contributed by atoms with Gasteiger partial charge in [-0.25, -0.2) is 0 Å². The number of likely N-dealkylation sites (tertiary alicyclic amines) is 1. The highest BCUT2D eigenvalue weighted by molar-refractivity contribution is 6.31. The molecule has 2 heterocycles. The summed E-state index contributed by atoms with van der Waals surface area (Å²) < 4.78 is 51.1. The number of nitrogens with zero attached hydrogens (tertiary/aromatic N) is 1. The van der Waals surface area contributed by atoms with Crippen LogP contribution in [0.25, 0.3) is 0 Å². The molecule has 1 saturated heterocycles. The Morgan fingerprint density at radius 1 is 1.07 bits per heavy atom. The first-order valence-electron chi connectivity index (χ1n) is 9.47. The van der Waals surface area contributed by atoms with Crippen molar-refractivity contribution in [3.63, 3.8) is 0 Å². The largest absolute Gasteiger partial charge is 0.481 e. The van der Waals surface area contributed by atoms with Crippen molar-refractivity contribution in [2.24, 2.45) is 5.92 Å². The van der Waals surface area contributed by atoms with Gasteiger partial charge in [0.25, 0.3) is 0 Å². The molecule has 0 spiro atoms. The Morgan fingerprint density at radius 2 is 1.70 bits per heavy atom. The van der Waals surface area contributed by atoms with Gasteiger partial charge in [0, 0.05) is 0 Å². The van der Waals surface area contributed by atoms with Crippen molar-refractivity contribution in [1.82, 2.24) is 4.90 Å². The van der Waals surface area contributed by atoms with Gasteiger partial charge in [-0.05, 0) is 61.3 Å². The van der Waals surface area contributed by atoms with E-state index in [2.05, 4.69) is 0 Å². The van der Waals surface area contributed by atoms with Crippen molar-refractivity contribution in [2.75, 3.05) is 19.9 Å². The van der Waals surface area contributed by atoms with Gasteiger partial charge in [-0.1, -0.05) is 23.7 Å². The molecule has 2 aliphatic heterocycles. The lowest BCUT2D eigenvalue weighted by Crippen LogP contribution is -2.39. The first-order chi connectivity index (χ1) is 14.2. The molecule has 160 valence electrons. The van der Waals surface area contributed by atoms with Gasteiger partial charge < -0.3 is 14.6 Å². The van der Waals surface area contributed by atoms with Crippen LogP contribution < -0.4 is 9.47 Å². The van der Waals surface area contributed by atoms with E-state index >= 15 is 0 Å². The summed E-state index contributed by atoms with van der Waals surface area (Å²) in [4.78, 5) is 13.3. The number of ether oxygens (including phenoxy) is 2. The zero-order chi connectivity index (χ0) is 21.5. The second-order valence-electron chi connectivity index (χ2n) is 7.40. The zero-order valence-corrected chi connectivity index (χ0v) is 16.5. The molecule has 1 atom stereocenters. The Morgan fingerprint density at radius 3 is 2.37 bits per heavy atom. The summed E-state index contributed by atoms with van der Waals surface area (Å²) in [5.74, 6) is -0.188. The monoisotopic (exact) mass is 441 g/mol. The maximum atomic E-state index is 13.5. The van der Waals surface area contributed by atoms with Gasteiger partial charge in [-0.15, -0.1) is 0 Å². The van der Waals surface area contributed by atoms with Crippen LogP contribution in [0.3, 0.4) is 0 Å². The minimum absolute atomic E-state index is 0.0899. The Hall–Kier alpha value is -2.45. The second-order valence-corrected chi connectivity index (χ2v) is 7.81. The maximum Gasteiger partial charge on any atom is 0.417 e. The molecular formula is C21H19ClF3NO4. The molecule has 0 radical (unpaired) electrons. The first kappa shape index (κ1) is 20.8. The number of rotatable bonds is 4. The molecule has 2 aromatic rings. The van der Waals surface area contributed by atoms with E-state index in [1.54, 1.807) is 24.3 Å². The Kier molecular flexibility index (Phi) is 5.55. The number of carbonyl (C=O) groups is 1. The molecule has 2 aromatic carbocycles. The number of piperidine rings is 1. The lowest BCUT2D eigenvalue weighted by atomic mass is 9.90. The van der Waals surface area contributed by atoms with Crippen LogP contribution in [0.2, 0.25) is 5.02 Å². The highest BCUT2D eigenvalue weighted by Crippen LogP contribution is 2.42. The molecule has 1 fully saturated rings. The Bertz CT molecular complexity index is 958. The zero-order valence-electron chi connectivity index (χ0n) is 15.8. The topological polar surface area (TPSA) is 59.0 Å². The third-order valence-electron chi connectivity index (χ3n) is 5.57. The van der Waals surface area contributed by atoms with Crippen molar-refractivity contribution in [3.05, 3.63) is 58.1 Å². The van der Waals surface area contributed by atoms with Crippen molar-refractivity contribution in [3.8, 4) is 11.5 Å². The summed E-state index contributed by atoms with van der Waals surface area (Å²) in [5.41, 5.74) is 0.274. The number of fused-ring (bicyclic) bond motifs is 1. The van der Waals surface area contributed by atoms with Crippen molar-refractivity contribution in [2.45, 2.75) is 25.1 Å². The minimum Gasteiger partial charge on any atom is -0.481 e. The van der Waals surface area contributed by atoms with Gasteiger partial charge >= 0.3 is 12.1 Å². The SMILES string of the molecule is O=C(O)C1CCN(C(c2ccc3c(c2)OCO3)c2ccc(Cl)c(C(F)(F)F)c2)CC1. The number of carboxylic acid groups (broad SMARTS) is 1. The summed E-state index contributed by atoms with van der Waals surface area (Å²) in [5, 5.41) is 8.91. The number of carboxylic acids is 1. The standard InChI is InChI=1S/C21H19ClF3NO4/c22-16-3-1-13(9-15(16)21(23,24)25)19(26-7-5-12(6-8-26)20(27)28)14-2-4-17-18(10-14)30-11-29-17/h1-4,9-10,12,19H,5-8,11H2,(H,27,28). The molecular weight excluding hydrogens is 423 g/mol. The fraction of sp³-hybridized carbons (Fsp3) is 0.381. The average molecular weight is 442 g/mol. The maximum absolute atomic E-state index is 13.5. The van der Waals surface area contributed by atoms with Crippen LogP contribution in [0.4, 0.5) is 13.2 Å². The van der Waals surface area contributed by atoms with Gasteiger partial charge in [-0.3, -0.25) is 9.69 Å². The fourth-order valence-electron chi connectivity index (χ4n) is 4.03. The molecule has 1 unspecified atom stereocenters. The smallest absolute Gasteiger partial charge is 0.417 e. The summed E-state index contributed by atoms with van der Waals surface area (Å²) >= 11 is 5.81. The second kappa shape index (κ2) is 8.00. The van der Waals surface area contributed by atoms with Gasteiger partial charge in [0.1, 0.15) is 0 Å². The predicted molar refractivity (Wildman–Crippen MR) is 103 cm³/mol. The summed E-state index contributed by atoms with van der Waals surface area (Å²) in [6.07, 6.45) is -3.73. The van der Waals surface area contributed by atoms with E-state index in [1.807, 2.05) is 4.90 Å². The third kappa shape index (κ3) is 4.06. The Labute approximate surface area is 176 Å². The molecule has 0 aliphatic carbocycles. The van der Waals surface area contributed by atoms with Gasteiger partial charge in [0.05, 0.1) is 22.5 Å².